The minimum absolute atomic E-state index is 0.485. The van der Waals surface area contributed by atoms with Crippen LogP contribution in [0.25, 0.3) is 11.0 Å². The van der Waals surface area contributed by atoms with Crippen LogP contribution in [0.3, 0.4) is 0 Å². The van der Waals surface area contributed by atoms with E-state index in [4.69, 9.17) is 5.73 Å². The monoisotopic (exact) mass is 228 g/mol. The predicted octanol–water partition coefficient (Wildman–Crippen LogP) is 0.795. The van der Waals surface area contributed by atoms with Gasteiger partial charge in [-0.05, 0) is 12.1 Å². The number of aromatic nitrogens is 5. The van der Waals surface area contributed by atoms with Gasteiger partial charge in [-0.2, -0.15) is 5.10 Å². The number of hydrogen-bond donors (Lipinski definition) is 1. The topological polar surface area (TPSA) is 74.5 Å². The summed E-state index contributed by atoms with van der Waals surface area (Å²) in [5, 5.41) is 4.33. The second kappa shape index (κ2) is 3.58. The van der Waals surface area contributed by atoms with Crippen molar-refractivity contribution in [3.63, 3.8) is 0 Å². The molecule has 86 valence electrons. The molecule has 0 saturated heterocycles. The molecule has 17 heavy (non-hydrogen) atoms. The van der Waals surface area contributed by atoms with Crippen LogP contribution in [0.2, 0.25) is 0 Å². The summed E-state index contributed by atoms with van der Waals surface area (Å²) in [5.41, 5.74) is 8.63. The SMILES string of the molecule is Cn1ccc(Cn2c(N)nc3cnccc32)n1. The van der Waals surface area contributed by atoms with E-state index in [-0.39, 0.29) is 0 Å². The highest BCUT2D eigenvalue weighted by Gasteiger charge is 2.09. The van der Waals surface area contributed by atoms with Crippen molar-refractivity contribution in [2.45, 2.75) is 6.54 Å². The maximum Gasteiger partial charge on any atom is 0.201 e. The van der Waals surface area contributed by atoms with Crippen LogP contribution < -0.4 is 5.73 Å². The summed E-state index contributed by atoms with van der Waals surface area (Å²) >= 11 is 0. The van der Waals surface area contributed by atoms with Gasteiger partial charge in [-0.15, -0.1) is 0 Å². The zero-order valence-electron chi connectivity index (χ0n) is 9.41. The molecule has 3 aromatic heterocycles. The van der Waals surface area contributed by atoms with Gasteiger partial charge in [0.2, 0.25) is 5.95 Å². The summed E-state index contributed by atoms with van der Waals surface area (Å²) in [5.74, 6) is 0.485. The summed E-state index contributed by atoms with van der Waals surface area (Å²) < 4.78 is 3.70. The van der Waals surface area contributed by atoms with E-state index in [0.717, 1.165) is 16.7 Å². The number of hydrogen-bond acceptors (Lipinski definition) is 4. The molecule has 0 saturated carbocycles. The number of pyridine rings is 1. The molecule has 0 amide bonds. The quantitative estimate of drug-likeness (QED) is 0.703. The van der Waals surface area contributed by atoms with Crippen molar-refractivity contribution in [3.05, 3.63) is 36.4 Å². The van der Waals surface area contributed by atoms with Gasteiger partial charge in [0.1, 0.15) is 5.52 Å². The van der Waals surface area contributed by atoms with E-state index in [9.17, 15) is 0 Å². The van der Waals surface area contributed by atoms with Crippen LogP contribution in [0.4, 0.5) is 5.95 Å². The van der Waals surface area contributed by atoms with E-state index in [2.05, 4.69) is 15.1 Å². The van der Waals surface area contributed by atoms with Gasteiger partial charge in [-0.25, -0.2) is 4.98 Å². The second-order valence-electron chi connectivity index (χ2n) is 3.90. The Kier molecular flexibility index (Phi) is 2.07. The number of nitrogens with zero attached hydrogens (tertiary/aromatic N) is 5. The largest absolute Gasteiger partial charge is 0.369 e. The van der Waals surface area contributed by atoms with Crippen molar-refractivity contribution in [1.29, 1.82) is 0 Å². The molecular weight excluding hydrogens is 216 g/mol. The van der Waals surface area contributed by atoms with Crippen molar-refractivity contribution in [2.75, 3.05) is 5.73 Å². The Morgan fingerprint density at radius 1 is 1.35 bits per heavy atom. The molecule has 0 unspecified atom stereocenters. The van der Waals surface area contributed by atoms with Crippen LogP contribution in [0.15, 0.2) is 30.7 Å². The molecule has 0 spiro atoms. The molecule has 0 aliphatic rings. The molecule has 3 aromatic rings. The molecule has 0 atom stereocenters. The molecule has 0 radical (unpaired) electrons. The summed E-state index contributed by atoms with van der Waals surface area (Å²) in [7, 11) is 1.89. The second-order valence-corrected chi connectivity index (χ2v) is 3.90. The number of imidazole rings is 1. The highest BCUT2D eigenvalue weighted by Crippen LogP contribution is 2.17. The van der Waals surface area contributed by atoms with E-state index in [1.54, 1.807) is 17.1 Å². The molecule has 0 aliphatic carbocycles. The van der Waals surface area contributed by atoms with Crippen LogP contribution in [0.1, 0.15) is 5.69 Å². The first-order valence-corrected chi connectivity index (χ1v) is 5.28. The Morgan fingerprint density at radius 2 is 2.24 bits per heavy atom. The van der Waals surface area contributed by atoms with E-state index in [0.29, 0.717) is 12.5 Å². The number of nitrogens with two attached hydrogens (primary N) is 1. The van der Waals surface area contributed by atoms with Gasteiger partial charge in [-0.3, -0.25) is 9.67 Å². The Balaban J connectivity index is 2.08. The zero-order valence-corrected chi connectivity index (χ0v) is 9.41. The highest BCUT2D eigenvalue weighted by molar-refractivity contribution is 5.77. The maximum atomic E-state index is 5.90. The van der Waals surface area contributed by atoms with Crippen LogP contribution >= 0.6 is 0 Å². The number of anilines is 1. The Labute approximate surface area is 97.7 Å². The van der Waals surface area contributed by atoms with Crippen LogP contribution in [0, 0.1) is 0 Å². The standard InChI is InChI=1S/C11H12N6/c1-16-5-3-8(15-16)7-17-10-2-4-13-6-9(10)14-11(17)12/h2-6H,7H2,1H3,(H2,12,14). The van der Waals surface area contributed by atoms with Crippen molar-refractivity contribution in [2.24, 2.45) is 7.05 Å². The average Bonchev–Trinajstić information content (AvgIpc) is 2.85. The van der Waals surface area contributed by atoms with Crippen LogP contribution in [0.5, 0.6) is 0 Å². The van der Waals surface area contributed by atoms with E-state index < -0.39 is 0 Å². The molecule has 0 fully saturated rings. The first-order chi connectivity index (χ1) is 8.24. The molecule has 0 aromatic carbocycles. The molecule has 3 heterocycles. The number of aryl methyl sites for hydroxylation is 1. The third kappa shape index (κ3) is 1.63. The minimum atomic E-state index is 0.485. The van der Waals surface area contributed by atoms with Gasteiger partial charge in [-0.1, -0.05) is 0 Å². The summed E-state index contributed by atoms with van der Waals surface area (Å²) in [6, 6.07) is 3.87. The minimum Gasteiger partial charge on any atom is -0.369 e. The molecule has 0 bridgehead atoms. The fourth-order valence-corrected chi connectivity index (χ4v) is 1.88. The molecule has 3 rings (SSSR count). The first-order valence-electron chi connectivity index (χ1n) is 5.28. The molecule has 0 aliphatic heterocycles. The van der Waals surface area contributed by atoms with Gasteiger partial charge >= 0.3 is 0 Å². The third-order valence-corrected chi connectivity index (χ3v) is 2.67. The fourth-order valence-electron chi connectivity index (χ4n) is 1.88. The highest BCUT2D eigenvalue weighted by atomic mass is 15.3. The first kappa shape index (κ1) is 9.83. The summed E-state index contributed by atoms with van der Waals surface area (Å²) in [6.07, 6.45) is 5.35. The lowest BCUT2D eigenvalue weighted by Crippen LogP contribution is -2.05. The summed E-state index contributed by atoms with van der Waals surface area (Å²) in [6.45, 7) is 0.618. The third-order valence-electron chi connectivity index (χ3n) is 2.67. The fraction of sp³-hybridized carbons (Fsp3) is 0.182. The van der Waals surface area contributed by atoms with Crippen molar-refractivity contribution < 1.29 is 0 Å². The summed E-state index contributed by atoms with van der Waals surface area (Å²) in [4.78, 5) is 8.29. The van der Waals surface area contributed by atoms with Gasteiger partial charge in [0, 0.05) is 19.4 Å². The lowest BCUT2D eigenvalue weighted by atomic mass is 10.4. The van der Waals surface area contributed by atoms with Gasteiger partial charge in [0.05, 0.1) is 24.0 Å². The maximum absolute atomic E-state index is 5.90. The molecule has 6 nitrogen and oxygen atoms in total. The predicted molar refractivity (Wildman–Crippen MR) is 64.3 cm³/mol. The van der Waals surface area contributed by atoms with Crippen molar-refractivity contribution >= 4 is 17.0 Å². The van der Waals surface area contributed by atoms with Crippen LogP contribution in [-0.4, -0.2) is 24.3 Å². The van der Waals surface area contributed by atoms with Gasteiger partial charge in [0.25, 0.3) is 0 Å². The number of nitrogen functional groups attached to an aromatic ring is 1. The Bertz CT molecular complexity index is 665. The number of fused-ring (bicyclic) bond motifs is 1. The van der Waals surface area contributed by atoms with Gasteiger partial charge < -0.3 is 10.3 Å². The molecule has 6 heteroatoms. The average molecular weight is 228 g/mol. The smallest absolute Gasteiger partial charge is 0.201 e. The lowest BCUT2D eigenvalue weighted by molar-refractivity contribution is 0.717. The normalized spacial score (nSPS) is 11.1. The molecular formula is C11H12N6. The lowest BCUT2D eigenvalue weighted by Gasteiger charge is -2.03. The van der Waals surface area contributed by atoms with E-state index in [1.807, 2.05) is 29.9 Å². The Hall–Kier alpha value is -2.37. The van der Waals surface area contributed by atoms with Crippen molar-refractivity contribution in [3.8, 4) is 0 Å². The van der Waals surface area contributed by atoms with E-state index >= 15 is 0 Å². The van der Waals surface area contributed by atoms with E-state index in [1.165, 1.54) is 0 Å². The van der Waals surface area contributed by atoms with Gasteiger partial charge in [0.15, 0.2) is 0 Å². The molecule has 2 N–H and O–H groups in total. The van der Waals surface area contributed by atoms with Crippen LogP contribution in [-0.2, 0) is 13.6 Å². The van der Waals surface area contributed by atoms with Crippen molar-refractivity contribution in [1.82, 2.24) is 24.3 Å². The zero-order chi connectivity index (χ0) is 11.8. The number of rotatable bonds is 2. The Morgan fingerprint density at radius 3 is 3.00 bits per heavy atom.